The first-order chi connectivity index (χ1) is 10.7. The van der Waals surface area contributed by atoms with Crippen LogP contribution in [0.15, 0.2) is 30.3 Å². The first-order valence-electron chi connectivity index (χ1n) is 6.82. The quantitative estimate of drug-likeness (QED) is 0.793. The maximum Gasteiger partial charge on any atom is 0.203 e. The van der Waals surface area contributed by atoms with Gasteiger partial charge in [0.25, 0.3) is 0 Å². The molecule has 2 heterocycles. The van der Waals surface area contributed by atoms with Crippen molar-refractivity contribution < 1.29 is 23.7 Å². The van der Waals surface area contributed by atoms with Gasteiger partial charge in [0.2, 0.25) is 5.78 Å². The number of thiophene rings is 1. The number of hydrogen-bond acceptors (Lipinski definition) is 6. The second-order valence-electron chi connectivity index (χ2n) is 4.67. The number of ether oxygens (including phenoxy) is 4. The lowest BCUT2D eigenvalue weighted by Crippen LogP contribution is -2.00. The molecule has 0 spiro atoms. The molecule has 2 aromatic rings. The average Bonchev–Trinajstić information content (AvgIpc) is 3.24. The Hall–Kier alpha value is -1.89. The molecule has 1 aromatic carbocycles. The van der Waals surface area contributed by atoms with Crippen molar-refractivity contribution in [2.45, 2.75) is 6.29 Å². The zero-order valence-corrected chi connectivity index (χ0v) is 13.1. The molecule has 22 heavy (non-hydrogen) atoms. The zero-order chi connectivity index (χ0) is 15.5. The van der Waals surface area contributed by atoms with Crippen molar-refractivity contribution in [3.05, 3.63) is 45.6 Å². The van der Waals surface area contributed by atoms with Crippen molar-refractivity contribution in [2.24, 2.45) is 0 Å². The Morgan fingerprint density at radius 1 is 1.09 bits per heavy atom. The van der Waals surface area contributed by atoms with Crippen LogP contribution in [0.3, 0.4) is 0 Å². The van der Waals surface area contributed by atoms with Gasteiger partial charge in [0, 0.05) is 5.56 Å². The molecule has 6 heteroatoms. The number of ketones is 1. The number of carbonyl (C=O) groups is 1. The van der Waals surface area contributed by atoms with Crippen molar-refractivity contribution in [1.29, 1.82) is 0 Å². The Labute approximate surface area is 132 Å². The van der Waals surface area contributed by atoms with Gasteiger partial charge >= 0.3 is 0 Å². The molecular formula is C16H16O5S. The fourth-order valence-electron chi connectivity index (χ4n) is 2.24. The molecule has 0 amide bonds. The van der Waals surface area contributed by atoms with Crippen LogP contribution in [0.1, 0.15) is 26.4 Å². The maximum atomic E-state index is 12.6. The molecule has 1 aromatic heterocycles. The van der Waals surface area contributed by atoms with Crippen molar-refractivity contribution in [3.63, 3.8) is 0 Å². The van der Waals surface area contributed by atoms with Crippen LogP contribution in [0.5, 0.6) is 11.5 Å². The van der Waals surface area contributed by atoms with Gasteiger partial charge in [-0.1, -0.05) is 0 Å². The largest absolute Gasteiger partial charge is 0.493 e. The zero-order valence-electron chi connectivity index (χ0n) is 12.3. The highest BCUT2D eigenvalue weighted by Gasteiger charge is 2.22. The summed E-state index contributed by atoms with van der Waals surface area (Å²) in [6.07, 6.45) is -0.350. The molecule has 116 valence electrons. The topological polar surface area (TPSA) is 54.0 Å². The maximum absolute atomic E-state index is 12.6. The lowest BCUT2D eigenvalue weighted by atomic mass is 10.1. The molecular weight excluding hydrogens is 304 g/mol. The highest BCUT2D eigenvalue weighted by molar-refractivity contribution is 7.14. The summed E-state index contributed by atoms with van der Waals surface area (Å²) in [4.78, 5) is 14.1. The molecule has 1 fully saturated rings. The highest BCUT2D eigenvalue weighted by atomic mass is 32.1. The first kappa shape index (κ1) is 15.0. The lowest BCUT2D eigenvalue weighted by Gasteiger charge is -2.08. The summed E-state index contributed by atoms with van der Waals surface area (Å²) in [6, 6.07) is 8.80. The summed E-state index contributed by atoms with van der Waals surface area (Å²) in [7, 11) is 3.11. The van der Waals surface area contributed by atoms with E-state index in [-0.39, 0.29) is 12.1 Å². The van der Waals surface area contributed by atoms with Crippen LogP contribution in [0, 0.1) is 0 Å². The summed E-state index contributed by atoms with van der Waals surface area (Å²) >= 11 is 1.38. The number of carbonyl (C=O) groups excluding carboxylic acids is 1. The van der Waals surface area contributed by atoms with Gasteiger partial charge < -0.3 is 18.9 Å². The summed E-state index contributed by atoms with van der Waals surface area (Å²) in [5, 5.41) is 0. The average molecular weight is 320 g/mol. The van der Waals surface area contributed by atoms with Crippen LogP contribution in [-0.2, 0) is 9.47 Å². The molecule has 0 aliphatic carbocycles. The molecule has 1 aliphatic rings. The van der Waals surface area contributed by atoms with Crippen LogP contribution in [0.4, 0.5) is 0 Å². The van der Waals surface area contributed by atoms with Crippen LogP contribution in [0.25, 0.3) is 0 Å². The van der Waals surface area contributed by atoms with E-state index in [4.69, 9.17) is 18.9 Å². The normalized spacial score (nSPS) is 15.0. The first-order valence-corrected chi connectivity index (χ1v) is 7.64. The van der Waals surface area contributed by atoms with E-state index in [1.165, 1.54) is 11.3 Å². The predicted octanol–water partition coefficient (Wildman–Crippen LogP) is 3.04. The number of hydrogen-bond donors (Lipinski definition) is 0. The molecule has 1 saturated heterocycles. The van der Waals surface area contributed by atoms with Crippen LogP contribution < -0.4 is 9.47 Å². The third kappa shape index (κ3) is 2.85. The summed E-state index contributed by atoms with van der Waals surface area (Å²) in [5.74, 6) is 1.07. The Bertz CT molecular complexity index is 673. The number of benzene rings is 1. The molecule has 0 saturated carbocycles. The van der Waals surface area contributed by atoms with Crippen molar-refractivity contribution >= 4 is 17.1 Å². The standard InChI is InChI=1S/C16H16O5S/c1-18-11-4-3-10(9-12(11)19-2)15(17)13-5-6-14(22-13)16-20-7-8-21-16/h3-6,9,16H,7-8H2,1-2H3. The molecule has 5 nitrogen and oxygen atoms in total. The number of rotatable bonds is 5. The van der Waals surface area contributed by atoms with Crippen LogP contribution in [-0.4, -0.2) is 33.2 Å². The second-order valence-corrected chi connectivity index (χ2v) is 5.79. The third-order valence-corrected chi connectivity index (χ3v) is 4.46. The van der Waals surface area contributed by atoms with Crippen molar-refractivity contribution in [2.75, 3.05) is 27.4 Å². The molecule has 3 rings (SSSR count). The fourth-order valence-corrected chi connectivity index (χ4v) is 3.21. The number of methoxy groups -OCH3 is 2. The van der Waals surface area contributed by atoms with E-state index in [2.05, 4.69) is 0 Å². The van der Waals surface area contributed by atoms with Gasteiger partial charge in [0.05, 0.1) is 37.2 Å². The van der Waals surface area contributed by atoms with Gasteiger partial charge in [-0.2, -0.15) is 0 Å². The second kappa shape index (κ2) is 6.48. The summed E-state index contributed by atoms with van der Waals surface area (Å²) in [5.41, 5.74) is 0.555. The minimum Gasteiger partial charge on any atom is -0.493 e. The molecule has 0 N–H and O–H groups in total. The van der Waals surface area contributed by atoms with Gasteiger partial charge in [-0.05, 0) is 30.3 Å². The van der Waals surface area contributed by atoms with Crippen LogP contribution in [0.2, 0.25) is 0 Å². The van der Waals surface area contributed by atoms with Crippen LogP contribution >= 0.6 is 11.3 Å². The SMILES string of the molecule is COc1ccc(C(=O)c2ccc(C3OCCO3)s2)cc1OC. The van der Waals surface area contributed by atoms with E-state index >= 15 is 0 Å². The summed E-state index contributed by atoms with van der Waals surface area (Å²) < 4.78 is 21.3. The van der Waals surface area contributed by atoms with Crippen molar-refractivity contribution in [3.8, 4) is 11.5 Å². The van der Waals surface area contributed by atoms with Crippen molar-refractivity contribution in [1.82, 2.24) is 0 Å². The molecule has 0 unspecified atom stereocenters. The van der Waals surface area contributed by atoms with E-state index in [1.807, 2.05) is 6.07 Å². The Kier molecular flexibility index (Phi) is 4.42. The van der Waals surface area contributed by atoms with Gasteiger partial charge in [0.15, 0.2) is 17.8 Å². The Morgan fingerprint density at radius 2 is 1.82 bits per heavy atom. The smallest absolute Gasteiger partial charge is 0.203 e. The van der Waals surface area contributed by atoms with E-state index in [9.17, 15) is 4.79 Å². The third-order valence-electron chi connectivity index (χ3n) is 3.35. The molecule has 1 aliphatic heterocycles. The van der Waals surface area contributed by atoms with E-state index in [0.717, 1.165) is 4.88 Å². The van der Waals surface area contributed by atoms with E-state index in [1.54, 1.807) is 38.5 Å². The lowest BCUT2D eigenvalue weighted by molar-refractivity contribution is -0.0413. The minimum atomic E-state index is -0.350. The Balaban J connectivity index is 1.84. The van der Waals surface area contributed by atoms with Gasteiger partial charge in [0.1, 0.15) is 0 Å². The van der Waals surface area contributed by atoms with E-state index < -0.39 is 0 Å². The minimum absolute atomic E-state index is 0.0600. The van der Waals surface area contributed by atoms with E-state index in [0.29, 0.717) is 35.2 Å². The predicted molar refractivity (Wildman–Crippen MR) is 81.9 cm³/mol. The highest BCUT2D eigenvalue weighted by Crippen LogP contribution is 2.32. The molecule has 0 radical (unpaired) electrons. The monoisotopic (exact) mass is 320 g/mol. The fraction of sp³-hybridized carbons (Fsp3) is 0.312. The Morgan fingerprint density at radius 3 is 2.50 bits per heavy atom. The molecule has 0 bridgehead atoms. The summed E-state index contributed by atoms with van der Waals surface area (Å²) in [6.45, 7) is 1.17. The van der Waals surface area contributed by atoms with Gasteiger partial charge in [-0.15, -0.1) is 11.3 Å². The van der Waals surface area contributed by atoms with Gasteiger partial charge in [-0.3, -0.25) is 4.79 Å². The molecule has 0 atom stereocenters. The van der Waals surface area contributed by atoms with Gasteiger partial charge in [-0.25, -0.2) is 0 Å².